The van der Waals surface area contributed by atoms with E-state index < -0.39 is 12.0 Å². The molecule has 88 valence electrons. The number of carboxylic acids is 1. The largest absolute Gasteiger partial charge is 0.480 e. The number of rotatable bonds is 6. The van der Waals surface area contributed by atoms with Crippen molar-refractivity contribution in [3.63, 3.8) is 0 Å². The Balaban J connectivity index is 2.50. The van der Waals surface area contributed by atoms with Crippen LogP contribution < -0.4 is 8.38 Å². The molecule has 0 aliphatic heterocycles. The highest BCUT2D eigenvalue weighted by Crippen LogP contribution is 2.15. The molecule has 4 nitrogen and oxygen atoms in total. The summed E-state index contributed by atoms with van der Waals surface area (Å²) in [7, 11) is 1.66. The lowest BCUT2D eigenvalue weighted by atomic mass is 10.1. The average molecular weight is 335 g/mol. The lowest BCUT2D eigenvalue weighted by molar-refractivity contribution is -0.139. The predicted octanol–water partition coefficient (Wildman–Crippen LogP) is 2.02. The fourth-order valence-corrected chi connectivity index (χ4v) is 1.70. The molecule has 1 aromatic carbocycles. The summed E-state index contributed by atoms with van der Waals surface area (Å²) in [5.74, 6) is -0.0116. The Bertz CT molecular complexity index is 340. The maximum absolute atomic E-state index is 10.8. The minimum absolute atomic E-state index is 0.486. The van der Waals surface area contributed by atoms with E-state index in [1.807, 2.05) is 47.3 Å². The second kappa shape index (κ2) is 6.70. The fraction of sp³-hybridized carbons (Fsp3) is 0.364. The molecule has 0 aliphatic carbocycles. The van der Waals surface area contributed by atoms with Crippen LogP contribution in [0.15, 0.2) is 24.3 Å². The van der Waals surface area contributed by atoms with Gasteiger partial charge in [-0.05, 0) is 37.6 Å². The van der Waals surface area contributed by atoms with Crippen LogP contribution in [0.25, 0.3) is 0 Å². The lowest BCUT2D eigenvalue weighted by Crippen LogP contribution is -2.34. The van der Waals surface area contributed by atoms with E-state index in [1.165, 1.54) is 0 Å². The first-order valence-electron chi connectivity index (χ1n) is 4.95. The molecule has 16 heavy (non-hydrogen) atoms. The van der Waals surface area contributed by atoms with E-state index in [4.69, 9.17) is 8.17 Å². The Kier molecular flexibility index (Phi) is 5.54. The molecule has 0 heterocycles. The van der Waals surface area contributed by atoms with Crippen LogP contribution in [-0.2, 0) is 11.2 Å². The van der Waals surface area contributed by atoms with Gasteiger partial charge < -0.3 is 13.5 Å². The summed E-state index contributed by atoms with van der Waals surface area (Å²) in [6.07, 6.45) is 1.32. The molecule has 0 fully saturated rings. The van der Waals surface area contributed by atoms with E-state index in [-0.39, 0.29) is 0 Å². The quantitative estimate of drug-likeness (QED) is 0.781. The smallest absolute Gasteiger partial charge is 0.320 e. The van der Waals surface area contributed by atoms with E-state index in [9.17, 15) is 4.79 Å². The number of hydrogen-bond acceptors (Lipinski definition) is 3. The minimum atomic E-state index is -0.810. The van der Waals surface area contributed by atoms with Crippen LogP contribution in [0.1, 0.15) is 12.0 Å². The van der Waals surface area contributed by atoms with Crippen molar-refractivity contribution in [1.82, 2.24) is 5.32 Å². The molecule has 1 aromatic rings. The zero-order valence-corrected chi connectivity index (χ0v) is 11.1. The summed E-state index contributed by atoms with van der Waals surface area (Å²) in [6, 6.07) is 7.15. The zero-order valence-electron chi connectivity index (χ0n) is 8.94. The molecule has 0 bridgehead atoms. The Morgan fingerprint density at radius 3 is 2.56 bits per heavy atom. The third-order valence-corrected chi connectivity index (χ3v) is 2.89. The number of nitrogens with one attached hydrogen (secondary N) is 1. The molecule has 0 amide bonds. The van der Waals surface area contributed by atoms with Gasteiger partial charge in [-0.2, -0.15) is 0 Å². The molecular formula is C11H14INO3. The highest BCUT2D eigenvalue weighted by Gasteiger charge is 2.13. The van der Waals surface area contributed by atoms with Crippen molar-refractivity contribution in [3.8, 4) is 5.75 Å². The third-order valence-electron chi connectivity index (χ3n) is 2.38. The Morgan fingerprint density at radius 2 is 2.12 bits per heavy atom. The van der Waals surface area contributed by atoms with Gasteiger partial charge in [0.25, 0.3) is 0 Å². The number of carbonyl (C=O) groups is 1. The molecule has 0 aliphatic rings. The number of aryl methyl sites for hydroxylation is 1. The van der Waals surface area contributed by atoms with Crippen LogP contribution in [0.4, 0.5) is 0 Å². The van der Waals surface area contributed by atoms with Crippen molar-refractivity contribution >= 4 is 29.0 Å². The Morgan fingerprint density at radius 1 is 1.50 bits per heavy atom. The van der Waals surface area contributed by atoms with E-state index in [1.54, 1.807) is 7.05 Å². The molecule has 0 saturated heterocycles. The first-order valence-corrected chi connectivity index (χ1v) is 5.83. The second-order valence-corrected chi connectivity index (χ2v) is 3.88. The zero-order chi connectivity index (χ0) is 12.0. The molecule has 0 radical (unpaired) electrons. The number of carboxylic acid groups (broad SMARTS) is 1. The van der Waals surface area contributed by atoms with Crippen molar-refractivity contribution < 1.29 is 13.0 Å². The summed E-state index contributed by atoms with van der Waals surface area (Å²) in [5.41, 5.74) is 1.11. The number of benzene rings is 1. The van der Waals surface area contributed by atoms with Crippen molar-refractivity contribution in [1.29, 1.82) is 0 Å². The normalized spacial score (nSPS) is 12.1. The second-order valence-electron chi connectivity index (χ2n) is 3.44. The molecule has 2 N–H and O–H groups in total. The summed E-state index contributed by atoms with van der Waals surface area (Å²) in [5, 5.41) is 11.6. The molecule has 1 rings (SSSR count). The van der Waals surface area contributed by atoms with Gasteiger partial charge in [-0.25, -0.2) is 0 Å². The van der Waals surface area contributed by atoms with Gasteiger partial charge in [0.2, 0.25) is 0 Å². The number of halogens is 1. The van der Waals surface area contributed by atoms with E-state index in [0.717, 1.165) is 17.7 Å². The van der Waals surface area contributed by atoms with Gasteiger partial charge in [-0.3, -0.25) is 4.79 Å². The molecular weight excluding hydrogens is 321 g/mol. The number of hydrogen-bond donors (Lipinski definition) is 2. The van der Waals surface area contributed by atoms with Crippen LogP contribution in [0, 0.1) is 0 Å². The lowest BCUT2D eigenvalue weighted by Gasteiger charge is -2.10. The van der Waals surface area contributed by atoms with Gasteiger partial charge in [-0.1, -0.05) is 12.1 Å². The highest BCUT2D eigenvalue weighted by atomic mass is 127. The minimum Gasteiger partial charge on any atom is -0.480 e. The van der Waals surface area contributed by atoms with E-state index >= 15 is 0 Å². The van der Waals surface area contributed by atoms with Crippen LogP contribution in [0.3, 0.4) is 0 Å². The van der Waals surface area contributed by atoms with E-state index in [2.05, 4.69) is 5.32 Å². The van der Waals surface area contributed by atoms with Gasteiger partial charge in [-0.15, -0.1) is 0 Å². The first-order chi connectivity index (χ1) is 7.67. The molecule has 1 atom stereocenters. The van der Waals surface area contributed by atoms with Crippen molar-refractivity contribution in [2.75, 3.05) is 7.05 Å². The molecule has 0 unspecified atom stereocenters. The topological polar surface area (TPSA) is 58.6 Å². The molecule has 0 saturated carbocycles. The summed E-state index contributed by atoms with van der Waals surface area (Å²) in [4.78, 5) is 10.8. The maximum Gasteiger partial charge on any atom is 0.320 e. The van der Waals surface area contributed by atoms with Crippen LogP contribution in [-0.4, -0.2) is 24.2 Å². The summed E-state index contributed by atoms with van der Waals surface area (Å²) >= 11 is 1.82. The number of aliphatic carboxylic acids is 1. The molecule has 5 heteroatoms. The van der Waals surface area contributed by atoms with E-state index in [0.29, 0.717) is 6.42 Å². The Labute approximate surface area is 109 Å². The molecule has 0 spiro atoms. The van der Waals surface area contributed by atoms with Crippen LogP contribution in [0.5, 0.6) is 5.75 Å². The van der Waals surface area contributed by atoms with Gasteiger partial charge in [0.1, 0.15) is 11.8 Å². The third kappa shape index (κ3) is 3.97. The van der Waals surface area contributed by atoms with Crippen molar-refractivity contribution in [2.45, 2.75) is 18.9 Å². The maximum atomic E-state index is 10.8. The standard InChI is InChI=1S/C11H14INO3/c1-13-10(11(14)15)7-4-8-2-5-9(16-12)6-3-8/h2-3,5-6,10,13H,4,7H2,1H3,(H,14,15)/t10-/m1/s1. The van der Waals surface area contributed by atoms with Crippen LogP contribution in [0.2, 0.25) is 0 Å². The van der Waals surface area contributed by atoms with Gasteiger partial charge >= 0.3 is 5.97 Å². The van der Waals surface area contributed by atoms with Gasteiger partial charge in [0, 0.05) is 0 Å². The highest BCUT2D eigenvalue weighted by molar-refractivity contribution is 14.1. The SMILES string of the molecule is CN[C@H](CCc1ccc(OI)cc1)C(=O)O. The Hall–Kier alpha value is -0.820. The molecule has 0 aromatic heterocycles. The van der Waals surface area contributed by atoms with Gasteiger partial charge in [0.15, 0.2) is 23.0 Å². The summed E-state index contributed by atoms with van der Waals surface area (Å²) < 4.78 is 5.02. The number of likely N-dealkylation sites (N-methyl/N-ethyl adjacent to an activating group) is 1. The monoisotopic (exact) mass is 335 g/mol. The first kappa shape index (κ1) is 13.2. The average Bonchev–Trinajstić information content (AvgIpc) is 2.30. The van der Waals surface area contributed by atoms with Gasteiger partial charge in [0.05, 0.1) is 0 Å². The summed E-state index contributed by atoms with van der Waals surface area (Å²) in [6.45, 7) is 0. The van der Waals surface area contributed by atoms with Crippen molar-refractivity contribution in [3.05, 3.63) is 29.8 Å². The fourth-order valence-electron chi connectivity index (χ4n) is 1.41. The predicted molar refractivity (Wildman–Crippen MR) is 69.9 cm³/mol. The van der Waals surface area contributed by atoms with Crippen molar-refractivity contribution in [2.24, 2.45) is 0 Å². The van der Waals surface area contributed by atoms with Crippen LogP contribution >= 0.6 is 23.0 Å².